The third-order valence-corrected chi connectivity index (χ3v) is 9.47. The number of hydrogen-bond acceptors (Lipinski definition) is 5. The minimum absolute atomic E-state index is 0.0928. The monoisotopic (exact) mass is 601 g/mol. The Morgan fingerprint density at radius 2 is 1.73 bits per heavy atom. The number of sulfonamides is 1. The van der Waals surface area contributed by atoms with Gasteiger partial charge in [0.25, 0.3) is 0 Å². The molecule has 0 bridgehead atoms. The fourth-order valence-corrected chi connectivity index (χ4v) is 6.63. The highest BCUT2D eigenvalue weighted by atomic mass is 32.2. The number of nitrogens with zero attached hydrogens (tertiary/aromatic N) is 2. The van der Waals surface area contributed by atoms with Gasteiger partial charge in [0.2, 0.25) is 15.9 Å². The van der Waals surface area contributed by atoms with Crippen LogP contribution in [0.1, 0.15) is 49.3 Å². The Labute approximate surface area is 239 Å². The number of alkyl halides is 3. The van der Waals surface area contributed by atoms with Crippen LogP contribution in [0.3, 0.4) is 0 Å². The van der Waals surface area contributed by atoms with E-state index in [1.807, 2.05) is 20.2 Å². The van der Waals surface area contributed by atoms with E-state index in [0.717, 1.165) is 60.2 Å². The lowest BCUT2D eigenvalue weighted by molar-refractivity contribution is -0.137. The van der Waals surface area contributed by atoms with E-state index in [2.05, 4.69) is 10.2 Å². The number of amides is 1. The van der Waals surface area contributed by atoms with Crippen LogP contribution < -0.4 is 5.32 Å². The smallest absolute Gasteiger partial charge is 0.370 e. The molecule has 1 unspecified atom stereocenters. The van der Waals surface area contributed by atoms with Gasteiger partial charge < -0.3 is 15.0 Å². The Bertz CT molecular complexity index is 1250. The summed E-state index contributed by atoms with van der Waals surface area (Å²) < 4.78 is 84.0. The molecule has 0 aliphatic heterocycles. The first-order chi connectivity index (χ1) is 19.3. The van der Waals surface area contributed by atoms with Gasteiger partial charge in [-0.05, 0) is 81.1 Å². The molecule has 0 spiro atoms. The van der Waals surface area contributed by atoms with Crippen LogP contribution in [0.4, 0.5) is 17.6 Å². The van der Waals surface area contributed by atoms with Gasteiger partial charge in [0, 0.05) is 26.2 Å². The summed E-state index contributed by atoms with van der Waals surface area (Å²) in [5.41, 5.74) is -0.0558. The van der Waals surface area contributed by atoms with Crippen molar-refractivity contribution in [1.82, 2.24) is 14.5 Å². The van der Waals surface area contributed by atoms with Crippen LogP contribution in [0.2, 0.25) is 0 Å². The van der Waals surface area contributed by atoms with E-state index in [-0.39, 0.29) is 37.5 Å². The van der Waals surface area contributed by atoms with Crippen molar-refractivity contribution in [3.05, 3.63) is 65.5 Å². The van der Waals surface area contributed by atoms with Gasteiger partial charge in [-0.2, -0.15) is 17.5 Å². The molecule has 7 nitrogen and oxygen atoms in total. The summed E-state index contributed by atoms with van der Waals surface area (Å²) in [4.78, 5) is 13.9. The predicted octanol–water partition coefficient (Wildman–Crippen LogP) is 5.10. The third kappa shape index (κ3) is 9.49. The maximum absolute atomic E-state index is 13.8. The zero-order valence-electron chi connectivity index (χ0n) is 23.7. The molecule has 0 aromatic heterocycles. The van der Waals surface area contributed by atoms with Gasteiger partial charge in [0.1, 0.15) is 12.4 Å². The molecule has 0 radical (unpaired) electrons. The molecule has 12 heteroatoms. The molecule has 3 rings (SSSR count). The van der Waals surface area contributed by atoms with Gasteiger partial charge in [-0.15, -0.1) is 0 Å². The number of carbonyl (C=O) groups is 1. The number of nitrogens with one attached hydrogen (secondary N) is 1. The fourth-order valence-electron chi connectivity index (χ4n) is 5.43. The van der Waals surface area contributed by atoms with E-state index < -0.39 is 26.7 Å². The SMILES string of the molecule is CN(C)C(c1cccc(F)c1)C1CCC(CCNC(=O)COCCN(C)S(=O)(=O)c2cccc(C(F)(F)F)c2)CC1. The van der Waals surface area contributed by atoms with Crippen LogP contribution in [0.5, 0.6) is 0 Å². The highest BCUT2D eigenvalue weighted by molar-refractivity contribution is 7.89. The van der Waals surface area contributed by atoms with Gasteiger partial charge in [-0.25, -0.2) is 12.8 Å². The lowest BCUT2D eigenvalue weighted by Gasteiger charge is -2.37. The average Bonchev–Trinajstić information content (AvgIpc) is 2.91. The van der Waals surface area contributed by atoms with Crippen LogP contribution in [0.15, 0.2) is 53.4 Å². The molecule has 0 saturated heterocycles. The van der Waals surface area contributed by atoms with E-state index >= 15 is 0 Å². The first-order valence-electron chi connectivity index (χ1n) is 13.7. The molecule has 1 amide bonds. The molecular weight excluding hydrogens is 562 g/mol. The van der Waals surface area contributed by atoms with Gasteiger partial charge >= 0.3 is 6.18 Å². The van der Waals surface area contributed by atoms with Gasteiger partial charge in [-0.3, -0.25) is 4.79 Å². The molecule has 1 fully saturated rings. The number of likely N-dealkylation sites (N-methyl/N-ethyl adjacent to an activating group) is 1. The van der Waals surface area contributed by atoms with Crippen molar-refractivity contribution in [3.8, 4) is 0 Å². The first-order valence-corrected chi connectivity index (χ1v) is 15.1. The molecule has 0 heterocycles. The highest BCUT2D eigenvalue weighted by Crippen LogP contribution is 2.40. The number of carbonyl (C=O) groups excluding carboxylic acids is 1. The second-order valence-electron chi connectivity index (χ2n) is 10.8. The number of ether oxygens (including phenoxy) is 1. The van der Waals surface area contributed by atoms with Crippen LogP contribution in [-0.2, 0) is 25.7 Å². The van der Waals surface area contributed by atoms with Crippen molar-refractivity contribution in [3.63, 3.8) is 0 Å². The van der Waals surface area contributed by atoms with Crippen molar-refractivity contribution in [2.24, 2.45) is 11.8 Å². The van der Waals surface area contributed by atoms with Gasteiger partial charge in [0.15, 0.2) is 0 Å². The number of benzene rings is 2. The van der Waals surface area contributed by atoms with E-state index in [1.54, 1.807) is 12.1 Å². The van der Waals surface area contributed by atoms with Crippen molar-refractivity contribution in [2.45, 2.75) is 49.2 Å². The maximum atomic E-state index is 13.8. The van der Waals surface area contributed by atoms with E-state index in [9.17, 15) is 30.8 Å². The molecule has 1 aliphatic carbocycles. The number of rotatable bonds is 13. The maximum Gasteiger partial charge on any atom is 0.416 e. The molecule has 41 heavy (non-hydrogen) atoms. The summed E-state index contributed by atoms with van der Waals surface area (Å²) in [6, 6.07) is 10.5. The predicted molar refractivity (Wildman–Crippen MR) is 148 cm³/mol. The molecule has 1 N–H and O–H groups in total. The summed E-state index contributed by atoms with van der Waals surface area (Å²) in [6.45, 7) is 0.0356. The molecule has 228 valence electrons. The van der Waals surface area contributed by atoms with E-state index in [0.29, 0.717) is 24.4 Å². The van der Waals surface area contributed by atoms with Crippen LogP contribution in [0.25, 0.3) is 0 Å². The molecule has 1 aliphatic rings. The third-order valence-electron chi connectivity index (χ3n) is 7.61. The number of hydrogen-bond donors (Lipinski definition) is 1. The van der Waals surface area contributed by atoms with Crippen molar-refractivity contribution in [1.29, 1.82) is 0 Å². The minimum atomic E-state index is -4.65. The Kier molecular flexibility index (Phi) is 11.7. The van der Waals surface area contributed by atoms with Crippen LogP contribution >= 0.6 is 0 Å². The quantitative estimate of drug-likeness (QED) is 0.256. The largest absolute Gasteiger partial charge is 0.416 e. The normalized spacial score (nSPS) is 19.0. The lowest BCUT2D eigenvalue weighted by Crippen LogP contribution is -2.34. The van der Waals surface area contributed by atoms with Crippen LogP contribution in [-0.4, -0.2) is 71.0 Å². The Hall–Kier alpha value is -2.54. The summed E-state index contributed by atoms with van der Waals surface area (Å²) in [5.74, 6) is 0.370. The van der Waals surface area contributed by atoms with Crippen molar-refractivity contribution >= 4 is 15.9 Å². The molecule has 2 aromatic carbocycles. The minimum Gasteiger partial charge on any atom is -0.370 e. The summed E-state index contributed by atoms with van der Waals surface area (Å²) in [5, 5.41) is 2.83. The van der Waals surface area contributed by atoms with E-state index in [1.165, 1.54) is 13.1 Å². The zero-order valence-corrected chi connectivity index (χ0v) is 24.5. The summed E-state index contributed by atoms with van der Waals surface area (Å²) >= 11 is 0. The molecular formula is C29H39F4N3O4S. The Morgan fingerprint density at radius 3 is 2.37 bits per heavy atom. The topological polar surface area (TPSA) is 79.0 Å². The van der Waals surface area contributed by atoms with Crippen LogP contribution in [0, 0.1) is 17.7 Å². The first kappa shape index (κ1) is 33.0. The number of halogens is 4. The summed E-state index contributed by atoms with van der Waals surface area (Å²) in [7, 11) is 1.14. The van der Waals surface area contributed by atoms with Crippen molar-refractivity contribution in [2.75, 3.05) is 47.4 Å². The van der Waals surface area contributed by atoms with Gasteiger partial charge in [-0.1, -0.05) is 31.0 Å². The lowest BCUT2D eigenvalue weighted by atomic mass is 9.75. The highest BCUT2D eigenvalue weighted by Gasteiger charge is 2.33. The summed E-state index contributed by atoms with van der Waals surface area (Å²) in [6.07, 6.45) is 0.297. The standard InChI is InChI=1S/C29H39F4N3O4S/c1-35(2)28(23-6-4-8-25(30)18-23)22-12-10-21(11-13-22)14-15-34-27(37)20-40-17-16-36(3)41(38,39)26-9-5-7-24(19-26)29(31,32)33/h4-9,18-19,21-22,28H,10-17,20H2,1-3H3,(H,34,37). The second kappa shape index (κ2) is 14.6. The molecule has 1 atom stereocenters. The zero-order chi connectivity index (χ0) is 30.2. The Balaban J connectivity index is 1.34. The van der Waals surface area contributed by atoms with Crippen molar-refractivity contribution < 1.29 is 35.5 Å². The molecule has 1 saturated carbocycles. The van der Waals surface area contributed by atoms with E-state index in [4.69, 9.17) is 4.74 Å². The van der Waals surface area contributed by atoms with Gasteiger partial charge in [0.05, 0.1) is 17.1 Å². The molecule has 2 aromatic rings. The fraction of sp³-hybridized carbons (Fsp3) is 0.552. The average molecular weight is 602 g/mol. The Morgan fingerprint density at radius 1 is 1.05 bits per heavy atom. The second-order valence-corrected chi connectivity index (χ2v) is 12.8.